The molecule has 0 saturated heterocycles. The van der Waals surface area contributed by atoms with Gasteiger partial charge in [0.05, 0.1) is 4.88 Å². The van der Waals surface area contributed by atoms with Gasteiger partial charge in [0.1, 0.15) is 10.6 Å². The summed E-state index contributed by atoms with van der Waals surface area (Å²) < 4.78 is 0.936. The summed E-state index contributed by atoms with van der Waals surface area (Å²) >= 11 is 2.75. The molecule has 0 aliphatic heterocycles. The molecule has 0 bridgehead atoms. The van der Waals surface area contributed by atoms with Gasteiger partial charge in [0.2, 0.25) is 5.78 Å². The summed E-state index contributed by atoms with van der Waals surface area (Å²) in [5.74, 6) is -0.00749. The summed E-state index contributed by atoms with van der Waals surface area (Å²) in [6.07, 6.45) is 0. The molecular formula is C17H10O2S2. The molecule has 4 heteroatoms. The van der Waals surface area contributed by atoms with Crippen molar-refractivity contribution in [3.63, 3.8) is 0 Å². The smallest absolute Gasteiger partial charge is 0.216 e. The van der Waals surface area contributed by atoms with Crippen molar-refractivity contribution in [2.24, 2.45) is 0 Å². The maximum absolute atomic E-state index is 12.5. The molecular weight excluding hydrogens is 300 g/mol. The van der Waals surface area contributed by atoms with Crippen molar-refractivity contribution in [2.45, 2.75) is 0 Å². The minimum absolute atomic E-state index is 0.0964. The van der Waals surface area contributed by atoms with Crippen LogP contribution in [0.25, 0.3) is 20.9 Å². The van der Waals surface area contributed by atoms with E-state index in [-0.39, 0.29) is 11.5 Å². The molecule has 0 aliphatic rings. The van der Waals surface area contributed by atoms with E-state index in [0.29, 0.717) is 9.75 Å². The van der Waals surface area contributed by atoms with E-state index in [9.17, 15) is 9.90 Å². The van der Waals surface area contributed by atoms with Crippen molar-refractivity contribution in [3.8, 4) is 5.75 Å². The number of carbonyl (C=O) groups is 1. The zero-order valence-corrected chi connectivity index (χ0v) is 12.5. The summed E-state index contributed by atoms with van der Waals surface area (Å²) in [4.78, 5) is 13.5. The van der Waals surface area contributed by atoms with Gasteiger partial charge in [-0.15, -0.1) is 22.7 Å². The molecule has 4 aromatic rings. The first-order valence-electron chi connectivity index (χ1n) is 6.46. The Morgan fingerprint density at radius 1 is 1.00 bits per heavy atom. The van der Waals surface area contributed by atoms with Crippen molar-refractivity contribution >= 4 is 49.3 Å². The molecule has 0 fully saturated rings. The summed E-state index contributed by atoms with van der Waals surface area (Å²) in [7, 11) is 0. The highest BCUT2D eigenvalue weighted by Gasteiger charge is 2.20. The number of ketones is 1. The fourth-order valence-electron chi connectivity index (χ4n) is 2.44. The van der Waals surface area contributed by atoms with E-state index in [2.05, 4.69) is 0 Å². The van der Waals surface area contributed by atoms with Gasteiger partial charge in [-0.2, -0.15) is 0 Å². The quantitative estimate of drug-likeness (QED) is 0.526. The van der Waals surface area contributed by atoms with E-state index in [0.717, 1.165) is 20.9 Å². The molecule has 102 valence electrons. The van der Waals surface area contributed by atoms with Crippen LogP contribution in [0.5, 0.6) is 5.75 Å². The van der Waals surface area contributed by atoms with Gasteiger partial charge in [0.15, 0.2) is 0 Å². The van der Waals surface area contributed by atoms with Crippen LogP contribution in [0.4, 0.5) is 0 Å². The lowest BCUT2D eigenvalue weighted by Crippen LogP contribution is -1.94. The highest BCUT2D eigenvalue weighted by Crippen LogP contribution is 2.40. The van der Waals surface area contributed by atoms with Crippen LogP contribution in [0.3, 0.4) is 0 Å². The molecule has 1 N–H and O–H groups in total. The first-order valence-corrected chi connectivity index (χ1v) is 8.16. The lowest BCUT2D eigenvalue weighted by Gasteiger charge is -1.98. The summed E-state index contributed by atoms with van der Waals surface area (Å²) in [5.41, 5.74) is 0. The number of thiophene rings is 2. The lowest BCUT2D eigenvalue weighted by atomic mass is 10.1. The number of hydrogen-bond acceptors (Lipinski definition) is 4. The highest BCUT2D eigenvalue weighted by molar-refractivity contribution is 7.22. The third-order valence-electron chi connectivity index (χ3n) is 3.48. The number of hydrogen-bond donors (Lipinski definition) is 1. The van der Waals surface area contributed by atoms with E-state index in [4.69, 9.17) is 0 Å². The van der Waals surface area contributed by atoms with Gasteiger partial charge in [0, 0.05) is 10.1 Å². The zero-order valence-electron chi connectivity index (χ0n) is 10.9. The maximum Gasteiger partial charge on any atom is 0.216 e. The lowest BCUT2D eigenvalue weighted by molar-refractivity contribution is 0.104. The fourth-order valence-corrected chi connectivity index (χ4v) is 4.26. The summed E-state index contributed by atoms with van der Waals surface area (Å²) in [6, 6.07) is 15.6. The minimum atomic E-state index is -0.104. The Kier molecular flexibility index (Phi) is 2.80. The Morgan fingerprint density at radius 3 is 2.48 bits per heavy atom. The second kappa shape index (κ2) is 4.69. The Labute approximate surface area is 128 Å². The minimum Gasteiger partial charge on any atom is -0.506 e. The largest absolute Gasteiger partial charge is 0.506 e. The Bertz CT molecular complexity index is 965. The maximum atomic E-state index is 12.5. The monoisotopic (exact) mass is 310 g/mol. The van der Waals surface area contributed by atoms with Gasteiger partial charge in [-0.3, -0.25) is 4.79 Å². The normalized spacial score (nSPS) is 11.2. The third-order valence-corrected chi connectivity index (χ3v) is 5.49. The van der Waals surface area contributed by atoms with Crippen LogP contribution in [0.2, 0.25) is 0 Å². The van der Waals surface area contributed by atoms with Crippen LogP contribution in [-0.2, 0) is 0 Å². The van der Waals surface area contributed by atoms with E-state index in [1.165, 1.54) is 22.7 Å². The average molecular weight is 310 g/mol. The standard InChI is InChI=1S/C17H10O2S2/c18-15-12-8-10-4-1-2-5-11(10)9-14(12)21-17(15)16(19)13-6-3-7-20-13/h1-9,18H. The van der Waals surface area contributed by atoms with E-state index in [1.807, 2.05) is 47.8 Å². The predicted octanol–water partition coefficient (Wildman–Crippen LogP) is 5.05. The van der Waals surface area contributed by atoms with Crippen LogP contribution >= 0.6 is 22.7 Å². The van der Waals surface area contributed by atoms with E-state index in [1.54, 1.807) is 6.07 Å². The Balaban J connectivity index is 1.97. The molecule has 0 spiro atoms. The number of rotatable bonds is 2. The molecule has 0 atom stereocenters. The van der Waals surface area contributed by atoms with Crippen molar-refractivity contribution in [1.29, 1.82) is 0 Å². The molecule has 0 aliphatic carbocycles. The number of carbonyl (C=O) groups excluding carboxylic acids is 1. The SMILES string of the molecule is O=C(c1cccs1)c1sc2cc3ccccc3cc2c1O. The van der Waals surface area contributed by atoms with Crippen LogP contribution in [0.15, 0.2) is 53.9 Å². The van der Waals surface area contributed by atoms with Crippen molar-refractivity contribution in [3.05, 3.63) is 63.7 Å². The fraction of sp³-hybridized carbons (Fsp3) is 0. The van der Waals surface area contributed by atoms with Crippen molar-refractivity contribution in [2.75, 3.05) is 0 Å². The predicted molar refractivity (Wildman–Crippen MR) is 88.7 cm³/mol. The average Bonchev–Trinajstić information content (AvgIpc) is 3.14. The van der Waals surface area contributed by atoms with Crippen molar-refractivity contribution < 1.29 is 9.90 Å². The van der Waals surface area contributed by atoms with Crippen molar-refractivity contribution in [1.82, 2.24) is 0 Å². The van der Waals surface area contributed by atoms with E-state index >= 15 is 0 Å². The molecule has 2 aromatic carbocycles. The molecule has 0 unspecified atom stereocenters. The van der Waals surface area contributed by atoms with Gasteiger partial charge < -0.3 is 5.11 Å². The van der Waals surface area contributed by atoms with Crippen LogP contribution in [0.1, 0.15) is 14.5 Å². The number of fused-ring (bicyclic) bond motifs is 2. The molecule has 21 heavy (non-hydrogen) atoms. The van der Waals surface area contributed by atoms with E-state index < -0.39 is 0 Å². The van der Waals surface area contributed by atoms with Crippen LogP contribution < -0.4 is 0 Å². The second-order valence-corrected chi connectivity index (χ2v) is 6.78. The second-order valence-electron chi connectivity index (χ2n) is 4.78. The van der Waals surface area contributed by atoms with Gasteiger partial charge in [0.25, 0.3) is 0 Å². The van der Waals surface area contributed by atoms with Crippen LogP contribution in [0, 0.1) is 0 Å². The summed E-state index contributed by atoms with van der Waals surface area (Å²) in [5, 5.41) is 15.2. The Morgan fingerprint density at radius 2 is 1.76 bits per heavy atom. The van der Waals surface area contributed by atoms with Gasteiger partial charge in [-0.1, -0.05) is 30.3 Å². The summed E-state index contributed by atoms with van der Waals surface area (Å²) in [6.45, 7) is 0. The van der Waals surface area contributed by atoms with Gasteiger partial charge in [-0.05, 0) is 34.4 Å². The number of benzene rings is 2. The molecule has 4 rings (SSSR count). The topological polar surface area (TPSA) is 37.3 Å². The molecule has 0 saturated carbocycles. The Hall–Kier alpha value is -2.17. The molecule has 2 nitrogen and oxygen atoms in total. The molecule has 0 amide bonds. The highest BCUT2D eigenvalue weighted by atomic mass is 32.1. The molecule has 2 aromatic heterocycles. The van der Waals surface area contributed by atoms with Gasteiger partial charge >= 0.3 is 0 Å². The first kappa shape index (κ1) is 12.6. The zero-order chi connectivity index (χ0) is 14.4. The molecule has 2 heterocycles. The first-order chi connectivity index (χ1) is 10.2. The number of aromatic hydroxyl groups is 1. The third kappa shape index (κ3) is 1.95. The van der Waals surface area contributed by atoms with Crippen LogP contribution in [-0.4, -0.2) is 10.9 Å². The molecule has 0 radical (unpaired) electrons. The van der Waals surface area contributed by atoms with Gasteiger partial charge in [-0.25, -0.2) is 0 Å².